The van der Waals surface area contributed by atoms with Crippen molar-refractivity contribution in [3.63, 3.8) is 0 Å². The van der Waals surface area contributed by atoms with Gasteiger partial charge in [-0.3, -0.25) is 9.36 Å². The second kappa shape index (κ2) is 9.00. The van der Waals surface area contributed by atoms with Gasteiger partial charge in [0.25, 0.3) is 0 Å². The molecule has 0 saturated heterocycles. The lowest BCUT2D eigenvalue weighted by Crippen LogP contribution is -2.23. The molecule has 0 aliphatic carbocycles. The minimum Gasteiger partial charge on any atom is -0.461 e. The van der Waals surface area contributed by atoms with Gasteiger partial charge < -0.3 is 9.73 Å². The summed E-state index contributed by atoms with van der Waals surface area (Å²) in [5.41, 5.74) is 1.89. The third kappa shape index (κ3) is 4.31. The van der Waals surface area contributed by atoms with Gasteiger partial charge in [-0.1, -0.05) is 60.3 Å². The Hall–Kier alpha value is -3.32. The quantitative estimate of drug-likeness (QED) is 0.414. The van der Waals surface area contributed by atoms with Crippen LogP contribution in [0.5, 0.6) is 0 Å². The topological polar surface area (TPSA) is 73.0 Å². The minimum atomic E-state index is -0.361. The Bertz CT molecular complexity index is 1090. The molecule has 30 heavy (non-hydrogen) atoms. The number of rotatable bonds is 7. The maximum Gasteiger partial charge on any atom is 0.237 e. The van der Waals surface area contributed by atoms with Crippen molar-refractivity contribution in [2.24, 2.45) is 0 Å². The highest BCUT2D eigenvalue weighted by atomic mass is 32.2. The summed E-state index contributed by atoms with van der Waals surface area (Å²) in [6.07, 6.45) is 1.62. The molecule has 2 aromatic carbocycles. The number of para-hydroxylation sites is 1. The van der Waals surface area contributed by atoms with Gasteiger partial charge in [0, 0.05) is 5.69 Å². The van der Waals surface area contributed by atoms with Crippen LogP contribution in [0.4, 0.5) is 5.69 Å². The van der Waals surface area contributed by atoms with E-state index in [9.17, 15) is 4.79 Å². The number of furan rings is 1. The zero-order chi connectivity index (χ0) is 20.9. The molecule has 0 radical (unpaired) electrons. The first-order valence-corrected chi connectivity index (χ1v) is 10.6. The third-order valence-electron chi connectivity index (χ3n) is 4.77. The molecule has 2 aromatic heterocycles. The van der Waals surface area contributed by atoms with E-state index in [4.69, 9.17) is 4.42 Å². The normalized spacial score (nSPS) is 13.0. The van der Waals surface area contributed by atoms with Crippen molar-refractivity contribution in [2.75, 3.05) is 5.32 Å². The lowest BCUT2D eigenvalue weighted by Gasteiger charge is -2.19. The Morgan fingerprint density at radius 2 is 1.67 bits per heavy atom. The highest BCUT2D eigenvalue weighted by molar-refractivity contribution is 8.00. The number of hydrogen-bond acceptors (Lipinski definition) is 5. The van der Waals surface area contributed by atoms with E-state index in [1.165, 1.54) is 11.8 Å². The van der Waals surface area contributed by atoms with Crippen molar-refractivity contribution in [1.29, 1.82) is 0 Å². The Morgan fingerprint density at radius 3 is 2.33 bits per heavy atom. The predicted molar refractivity (Wildman–Crippen MR) is 118 cm³/mol. The number of anilines is 1. The van der Waals surface area contributed by atoms with Crippen LogP contribution in [0.3, 0.4) is 0 Å². The van der Waals surface area contributed by atoms with Gasteiger partial charge in [0.15, 0.2) is 10.9 Å². The molecule has 0 bridgehead atoms. The van der Waals surface area contributed by atoms with Gasteiger partial charge >= 0.3 is 0 Å². The molecule has 0 aliphatic rings. The Morgan fingerprint density at radius 1 is 0.967 bits per heavy atom. The number of thioether (sulfide) groups is 1. The van der Waals surface area contributed by atoms with Crippen molar-refractivity contribution in [1.82, 2.24) is 14.8 Å². The highest BCUT2D eigenvalue weighted by Gasteiger charge is 2.25. The number of hydrogen-bond donors (Lipinski definition) is 1. The van der Waals surface area contributed by atoms with Crippen LogP contribution in [0.15, 0.2) is 88.6 Å². The fraction of sp³-hybridized carbons (Fsp3) is 0.174. The molecule has 0 spiro atoms. The minimum absolute atomic E-state index is 0.0341. The number of carbonyl (C=O) groups excluding carboxylic acids is 1. The van der Waals surface area contributed by atoms with Gasteiger partial charge in [0.2, 0.25) is 11.7 Å². The lowest BCUT2D eigenvalue weighted by atomic mass is 10.1. The number of carbonyl (C=O) groups is 1. The summed E-state index contributed by atoms with van der Waals surface area (Å²) in [5.74, 6) is 1.18. The number of amides is 1. The molecule has 0 aliphatic heterocycles. The largest absolute Gasteiger partial charge is 0.461 e. The first-order chi connectivity index (χ1) is 14.6. The summed E-state index contributed by atoms with van der Waals surface area (Å²) in [4.78, 5) is 12.7. The Kier molecular flexibility index (Phi) is 5.99. The predicted octanol–water partition coefficient (Wildman–Crippen LogP) is 5.27. The van der Waals surface area contributed by atoms with Crippen molar-refractivity contribution in [3.8, 4) is 11.6 Å². The van der Waals surface area contributed by atoms with Crippen molar-refractivity contribution in [3.05, 3.63) is 84.6 Å². The molecule has 2 heterocycles. The van der Waals surface area contributed by atoms with Gasteiger partial charge in [0.05, 0.1) is 17.6 Å². The van der Waals surface area contributed by atoms with E-state index >= 15 is 0 Å². The number of nitrogens with one attached hydrogen (secondary N) is 1. The molecule has 1 N–H and O–H groups in total. The molecule has 1 amide bonds. The van der Waals surface area contributed by atoms with Crippen LogP contribution in [0.2, 0.25) is 0 Å². The van der Waals surface area contributed by atoms with E-state index in [0.29, 0.717) is 16.7 Å². The van der Waals surface area contributed by atoms with E-state index in [1.807, 2.05) is 72.2 Å². The number of nitrogens with zero attached hydrogens (tertiary/aromatic N) is 3. The Labute approximate surface area is 179 Å². The van der Waals surface area contributed by atoms with Crippen LogP contribution in [0.25, 0.3) is 11.6 Å². The molecule has 6 nitrogen and oxygen atoms in total. The summed E-state index contributed by atoms with van der Waals surface area (Å²) < 4.78 is 7.60. The first kappa shape index (κ1) is 20.0. The molecule has 0 fully saturated rings. The maximum absolute atomic E-state index is 12.7. The lowest BCUT2D eigenvalue weighted by molar-refractivity contribution is -0.115. The molecular formula is C23H22N4O2S. The van der Waals surface area contributed by atoms with Crippen LogP contribution in [-0.2, 0) is 4.79 Å². The van der Waals surface area contributed by atoms with E-state index in [-0.39, 0.29) is 17.2 Å². The van der Waals surface area contributed by atoms with Gasteiger partial charge in [-0.05, 0) is 43.7 Å². The summed E-state index contributed by atoms with van der Waals surface area (Å²) in [6, 6.07) is 23.2. The second-order valence-corrected chi connectivity index (χ2v) is 8.16. The molecule has 0 saturated carbocycles. The molecular weight excluding hydrogens is 396 g/mol. The van der Waals surface area contributed by atoms with Gasteiger partial charge in [-0.25, -0.2) is 0 Å². The Balaban J connectivity index is 1.62. The average Bonchev–Trinajstić information content (AvgIpc) is 3.44. The zero-order valence-corrected chi connectivity index (χ0v) is 17.5. The molecule has 2 unspecified atom stereocenters. The second-order valence-electron chi connectivity index (χ2n) is 6.86. The summed E-state index contributed by atoms with van der Waals surface area (Å²) in [6.45, 7) is 3.95. The van der Waals surface area contributed by atoms with Crippen LogP contribution in [0, 0.1) is 0 Å². The summed E-state index contributed by atoms with van der Waals surface area (Å²) in [5, 5.41) is 12.0. The smallest absolute Gasteiger partial charge is 0.237 e. The monoisotopic (exact) mass is 418 g/mol. The fourth-order valence-electron chi connectivity index (χ4n) is 3.14. The maximum atomic E-state index is 12.7. The fourth-order valence-corrected chi connectivity index (χ4v) is 4.07. The van der Waals surface area contributed by atoms with E-state index in [2.05, 4.69) is 34.6 Å². The molecule has 4 rings (SSSR count). The van der Waals surface area contributed by atoms with Crippen molar-refractivity contribution >= 4 is 23.4 Å². The number of aromatic nitrogens is 3. The van der Waals surface area contributed by atoms with Crippen LogP contribution in [0.1, 0.15) is 25.5 Å². The zero-order valence-electron chi connectivity index (χ0n) is 16.7. The van der Waals surface area contributed by atoms with Crippen LogP contribution >= 0.6 is 11.8 Å². The van der Waals surface area contributed by atoms with Crippen LogP contribution in [-0.4, -0.2) is 25.9 Å². The average molecular weight is 419 g/mol. The molecule has 152 valence electrons. The van der Waals surface area contributed by atoms with Crippen molar-refractivity contribution < 1.29 is 9.21 Å². The molecule has 2 atom stereocenters. The van der Waals surface area contributed by atoms with E-state index < -0.39 is 0 Å². The SMILES string of the molecule is CC(Sc1nnc(-c2ccco2)n1C(C)c1ccccc1)C(=O)Nc1ccccc1. The third-order valence-corrected chi connectivity index (χ3v) is 5.82. The molecule has 7 heteroatoms. The highest BCUT2D eigenvalue weighted by Crippen LogP contribution is 2.33. The summed E-state index contributed by atoms with van der Waals surface area (Å²) in [7, 11) is 0. The van der Waals surface area contributed by atoms with E-state index in [0.717, 1.165) is 11.3 Å². The van der Waals surface area contributed by atoms with Crippen molar-refractivity contribution in [2.45, 2.75) is 30.3 Å². The van der Waals surface area contributed by atoms with Gasteiger partial charge in [-0.2, -0.15) is 0 Å². The van der Waals surface area contributed by atoms with Gasteiger partial charge in [0.1, 0.15) is 0 Å². The first-order valence-electron chi connectivity index (χ1n) is 9.70. The molecule has 4 aromatic rings. The number of benzene rings is 2. The van der Waals surface area contributed by atoms with E-state index in [1.54, 1.807) is 6.26 Å². The standard InChI is InChI=1S/C23H22N4O2S/c1-16(18-10-5-3-6-11-18)27-21(20-14-9-15-29-20)25-26-23(27)30-17(2)22(28)24-19-12-7-4-8-13-19/h3-17H,1-2H3,(H,24,28). The van der Waals surface area contributed by atoms with Gasteiger partial charge in [-0.15, -0.1) is 10.2 Å². The summed E-state index contributed by atoms with van der Waals surface area (Å²) >= 11 is 1.37. The van der Waals surface area contributed by atoms with Crippen LogP contribution < -0.4 is 5.32 Å².